The van der Waals surface area contributed by atoms with E-state index in [-0.39, 0.29) is 23.7 Å². The zero-order chi connectivity index (χ0) is 15.3. The van der Waals surface area contributed by atoms with Gasteiger partial charge in [-0.2, -0.15) is 5.26 Å². The van der Waals surface area contributed by atoms with Crippen molar-refractivity contribution in [2.24, 2.45) is 0 Å². The summed E-state index contributed by atoms with van der Waals surface area (Å²) in [5.74, 6) is -1.68. The summed E-state index contributed by atoms with van der Waals surface area (Å²) >= 11 is 0. The highest BCUT2D eigenvalue weighted by Gasteiger charge is 2.16. The number of rotatable bonds is 4. The molecule has 3 N–H and O–H groups in total. The number of aromatic hydroxyl groups is 1. The lowest BCUT2D eigenvalue weighted by atomic mass is 10.2. The van der Waals surface area contributed by atoms with Crippen LogP contribution in [0.1, 0.15) is 23.7 Å². The minimum absolute atomic E-state index is 0.202. The molecular formula is C13H15N3O4. The van der Waals surface area contributed by atoms with Gasteiger partial charge in [0, 0.05) is 24.8 Å². The second kappa shape index (κ2) is 6.43. The number of phenols is 1. The number of amides is 2. The first-order valence-corrected chi connectivity index (χ1v) is 5.84. The third-order valence-corrected chi connectivity index (χ3v) is 2.85. The Bertz CT molecular complexity index is 565. The van der Waals surface area contributed by atoms with E-state index in [0.717, 1.165) is 6.07 Å². The van der Waals surface area contributed by atoms with Gasteiger partial charge < -0.3 is 20.4 Å². The molecule has 0 aliphatic heterocycles. The molecule has 0 saturated carbocycles. The number of nitrogens with zero attached hydrogens (tertiary/aromatic N) is 2. The van der Waals surface area contributed by atoms with Crippen LogP contribution < -0.4 is 5.32 Å². The van der Waals surface area contributed by atoms with Crippen molar-refractivity contribution in [2.45, 2.75) is 19.4 Å². The Morgan fingerprint density at radius 1 is 1.50 bits per heavy atom. The number of hydrogen-bond acceptors (Lipinski definition) is 4. The van der Waals surface area contributed by atoms with Gasteiger partial charge in [-0.1, -0.05) is 0 Å². The predicted molar refractivity (Wildman–Crippen MR) is 71.5 cm³/mol. The lowest BCUT2D eigenvalue weighted by molar-refractivity contribution is 0.0694. The Balaban J connectivity index is 2.79. The van der Waals surface area contributed by atoms with Crippen molar-refractivity contribution in [3.8, 4) is 11.8 Å². The van der Waals surface area contributed by atoms with E-state index in [9.17, 15) is 14.7 Å². The van der Waals surface area contributed by atoms with Crippen LogP contribution in [0.4, 0.5) is 10.5 Å². The highest BCUT2D eigenvalue weighted by atomic mass is 16.4. The second-order valence-electron chi connectivity index (χ2n) is 4.29. The van der Waals surface area contributed by atoms with Crippen LogP contribution in [-0.2, 0) is 0 Å². The SMILES string of the molecule is CC(CC#N)N(C)C(=O)Nc1ccc(C(=O)O)c(O)c1. The van der Waals surface area contributed by atoms with Crippen LogP contribution in [0.3, 0.4) is 0 Å². The molecule has 0 spiro atoms. The number of anilines is 1. The van der Waals surface area contributed by atoms with E-state index >= 15 is 0 Å². The Kier molecular flexibility index (Phi) is 4.92. The van der Waals surface area contributed by atoms with E-state index in [1.165, 1.54) is 17.0 Å². The zero-order valence-electron chi connectivity index (χ0n) is 11.1. The van der Waals surface area contributed by atoms with Gasteiger partial charge in [0.15, 0.2) is 0 Å². The van der Waals surface area contributed by atoms with Gasteiger partial charge >= 0.3 is 12.0 Å². The fourth-order valence-electron chi connectivity index (χ4n) is 1.47. The third kappa shape index (κ3) is 3.62. The van der Waals surface area contributed by atoms with Gasteiger partial charge in [-0.15, -0.1) is 0 Å². The van der Waals surface area contributed by atoms with E-state index in [2.05, 4.69) is 5.32 Å². The van der Waals surface area contributed by atoms with Gasteiger partial charge in [0.2, 0.25) is 0 Å². The Hall–Kier alpha value is -2.75. The number of nitrogens with one attached hydrogen (secondary N) is 1. The summed E-state index contributed by atoms with van der Waals surface area (Å²) in [6, 6.07) is 5.00. The summed E-state index contributed by atoms with van der Waals surface area (Å²) in [6.07, 6.45) is 0.202. The van der Waals surface area contributed by atoms with Crippen molar-refractivity contribution in [1.82, 2.24) is 4.90 Å². The molecule has 0 saturated heterocycles. The van der Waals surface area contributed by atoms with E-state index < -0.39 is 17.7 Å². The number of hydrogen-bond donors (Lipinski definition) is 3. The van der Waals surface area contributed by atoms with E-state index in [0.29, 0.717) is 0 Å². The Labute approximate surface area is 116 Å². The lowest BCUT2D eigenvalue weighted by Gasteiger charge is -2.23. The smallest absolute Gasteiger partial charge is 0.339 e. The fourth-order valence-corrected chi connectivity index (χ4v) is 1.47. The number of aromatic carboxylic acids is 1. The molecule has 7 heteroatoms. The maximum absolute atomic E-state index is 11.9. The molecule has 0 aliphatic carbocycles. The first kappa shape index (κ1) is 15.3. The van der Waals surface area contributed by atoms with Crippen LogP contribution in [0.5, 0.6) is 5.75 Å². The van der Waals surface area contributed by atoms with Crippen LogP contribution >= 0.6 is 0 Å². The monoisotopic (exact) mass is 277 g/mol. The minimum Gasteiger partial charge on any atom is -0.507 e. The van der Waals surface area contributed by atoms with Gasteiger partial charge in [-0.3, -0.25) is 0 Å². The van der Waals surface area contributed by atoms with Gasteiger partial charge in [0.1, 0.15) is 11.3 Å². The molecule has 1 aromatic rings. The molecule has 0 radical (unpaired) electrons. The molecule has 1 aromatic carbocycles. The molecule has 1 rings (SSSR count). The Morgan fingerprint density at radius 3 is 2.65 bits per heavy atom. The van der Waals surface area contributed by atoms with Crippen molar-refractivity contribution in [3.05, 3.63) is 23.8 Å². The zero-order valence-corrected chi connectivity index (χ0v) is 11.1. The summed E-state index contributed by atoms with van der Waals surface area (Å²) in [7, 11) is 1.54. The number of carbonyl (C=O) groups is 2. The quantitative estimate of drug-likeness (QED) is 0.777. The van der Waals surface area contributed by atoms with Crippen molar-refractivity contribution in [1.29, 1.82) is 5.26 Å². The number of carboxylic acids is 1. The number of carbonyl (C=O) groups excluding carboxylic acids is 1. The molecule has 106 valence electrons. The maximum Gasteiger partial charge on any atom is 0.339 e. The number of nitriles is 1. The third-order valence-electron chi connectivity index (χ3n) is 2.85. The van der Waals surface area contributed by atoms with Crippen LogP contribution in [0.15, 0.2) is 18.2 Å². The van der Waals surface area contributed by atoms with Gasteiger partial charge in [0.25, 0.3) is 0 Å². The van der Waals surface area contributed by atoms with Crippen LogP contribution in [0.2, 0.25) is 0 Å². The molecule has 1 atom stereocenters. The molecular weight excluding hydrogens is 262 g/mol. The average molecular weight is 277 g/mol. The predicted octanol–water partition coefficient (Wildman–Crippen LogP) is 1.86. The van der Waals surface area contributed by atoms with E-state index in [1.54, 1.807) is 14.0 Å². The summed E-state index contributed by atoms with van der Waals surface area (Å²) in [4.78, 5) is 24.0. The standard InChI is InChI=1S/C13H15N3O4/c1-8(5-6-14)16(2)13(20)15-9-3-4-10(12(18)19)11(17)7-9/h3-4,7-8,17H,5H2,1-2H3,(H,15,20)(H,18,19). The molecule has 2 amide bonds. The highest BCUT2D eigenvalue weighted by Crippen LogP contribution is 2.22. The van der Waals surface area contributed by atoms with Crippen molar-refractivity contribution < 1.29 is 19.8 Å². The Morgan fingerprint density at radius 2 is 2.15 bits per heavy atom. The second-order valence-corrected chi connectivity index (χ2v) is 4.29. The summed E-state index contributed by atoms with van der Waals surface area (Å²) < 4.78 is 0. The van der Waals surface area contributed by atoms with Crippen molar-refractivity contribution in [2.75, 3.05) is 12.4 Å². The molecule has 0 bridgehead atoms. The molecule has 0 fully saturated rings. The number of benzene rings is 1. The number of carboxylic acid groups (broad SMARTS) is 1. The summed E-state index contributed by atoms with van der Waals surface area (Å²) in [5, 5.41) is 29.4. The molecule has 7 nitrogen and oxygen atoms in total. The van der Waals surface area contributed by atoms with Crippen LogP contribution in [0.25, 0.3) is 0 Å². The topological polar surface area (TPSA) is 114 Å². The molecule has 0 heterocycles. The van der Waals surface area contributed by atoms with E-state index in [1.807, 2.05) is 6.07 Å². The van der Waals surface area contributed by atoms with Gasteiger partial charge in [-0.05, 0) is 19.1 Å². The van der Waals surface area contributed by atoms with Crippen molar-refractivity contribution in [3.63, 3.8) is 0 Å². The molecule has 20 heavy (non-hydrogen) atoms. The largest absolute Gasteiger partial charge is 0.507 e. The first-order chi connectivity index (χ1) is 9.36. The molecule has 0 aliphatic rings. The average Bonchev–Trinajstić information content (AvgIpc) is 2.37. The van der Waals surface area contributed by atoms with Gasteiger partial charge in [-0.25, -0.2) is 9.59 Å². The van der Waals surface area contributed by atoms with Crippen LogP contribution in [-0.4, -0.2) is 40.2 Å². The number of urea groups is 1. The maximum atomic E-state index is 11.9. The normalized spacial score (nSPS) is 11.2. The van der Waals surface area contributed by atoms with E-state index in [4.69, 9.17) is 10.4 Å². The minimum atomic E-state index is -1.25. The summed E-state index contributed by atoms with van der Waals surface area (Å²) in [5.41, 5.74) is 0.0303. The molecule has 0 aromatic heterocycles. The fraction of sp³-hybridized carbons (Fsp3) is 0.308. The molecule has 1 unspecified atom stereocenters. The lowest BCUT2D eigenvalue weighted by Crippen LogP contribution is -2.38. The first-order valence-electron chi connectivity index (χ1n) is 5.84. The highest BCUT2D eigenvalue weighted by molar-refractivity contribution is 5.93. The van der Waals surface area contributed by atoms with Gasteiger partial charge in [0.05, 0.1) is 12.5 Å². The summed E-state index contributed by atoms with van der Waals surface area (Å²) in [6.45, 7) is 1.73. The van der Waals surface area contributed by atoms with Crippen molar-refractivity contribution >= 4 is 17.7 Å². The van der Waals surface area contributed by atoms with Crippen LogP contribution in [0, 0.1) is 11.3 Å².